The lowest BCUT2D eigenvalue weighted by Gasteiger charge is -2.19. The molecule has 0 saturated heterocycles. The number of rotatable bonds is 4. The van der Waals surface area contributed by atoms with E-state index >= 15 is 0 Å². The zero-order valence-electron chi connectivity index (χ0n) is 11.3. The van der Waals surface area contributed by atoms with Gasteiger partial charge < -0.3 is 14.2 Å². The molecule has 0 aromatic carbocycles. The van der Waals surface area contributed by atoms with E-state index in [1.165, 1.54) is 14.2 Å². The van der Waals surface area contributed by atoms with Gasteiger partial charge in [0.2, 0.25) is 11.8 Å². The summed E-state index contributed by atoms with van der Waals surface area (Å²) < 4.78 is 15.2. The SMILES string of the molecule is COc1cc(OC)nc(CC(=O)OC(C)(C)C)n1. The van der Waals surface area contributed by atoms with Gasteiger partial charge in [0.25, 0.3) is 0 Å². The summed E-state index contributed by atoms with van der Waals surface area (Å²) in [5.74, 6) is 0.610. The summed E-state index contributed by atoms with van der Waals surface area (Å²) >= 11 is 0. The van der Waals surface area contributed by atoms with Crippen LogP contribution < -0.4 is 9.47 Å². The van der Waals surface area contributed by atoms with E-state index in [4.69, 9.17) is 14.2 Å². The number of carbonyl (C=O) groups excluding carboxylic acids is 1. The quantitative estimate of drug-likeness (QED) is 0.756. The average Bonchev–Trinajstić information content (AvgIpc) is 2.25. The first kappa shape index (κ1) is 14.2. The van der Waals surface area contributed by atoms with E-state index < -0.39 is 11.6 Å². The molecule has 0 spiro atoms. The van der Waals surface area contributed by atoms with Gasteiger partial charge in [-0.25, -0.2) is 0 Å². The highest BCUT2D eigenvalue weighted by Gasteiger charge is 2.18. The Morgan fingerprint density at radius 1 is 1.17 bits per heavy atom. The van der Waals surface area contributed by atoms with Crippen LogP contribution in [0.4, 0.5) is 0 Å². The molecule has 100 valence electrons. The van der Waals surface area contributed by atoms with Gasteiger partial charge in [0.05, 0.1) is 20.3 Å². The average molecular weight is 254 g/mol. The van der Waals surface area contributed by atoms with Crippen molar-refractivity contribution in [1.82, 2.24) is 9.97 Å². The van der Waals surface area contributed by atoms with Crippen LogP contribution in [-0.2, 0) is 16.0 Å². The van der Waals surface area contributed by atoms with Gasteiger partial charge in [-0.05, 0) is 20.8 Å². The molecule has 0 aliphatic carbocycles. The molecule has 0 aliphatic heterocycles. The summed E-state index contributed by atoms with van der Waals surface area (Å²) in [6.07, 6.45) is -0.0230. The van der Waals surface area contributed by atoms with Crippen LogP contribution in [0.25, 0.3) is 0 Å². The first-order valence-corrected chi connectivity index (χ1v) is 5.52. The Morgan fingerprint density at radius 2 is 1.67 bits per heavy atom. The molecule has 6 heteroatoms. The molecule has 0 N–H and O–H groups in total. The van der Waals surface area contributed by atoms with E-state index in [-0.39, 0.29) is 6.42 Å². The summed E-state index contributed by atoms with van der Waals surface area (Å²) in [7, 11) is 2.97. The highest BCUT2D eigenvalue weighted by Crippen LogP contribution is 2.16. The third-order valence-corrected chi connectivity index (χ3v) is 1.87. The molecular weight excluding hydrogens is 236 g/mol. The fourth-order valence-corrected chi connectivity index (χ4v) is 1.24. The second kappa shape index (κ2) is 5.66. The summed E-state index contributed by atoms with van der Waals surface area (Å²) in [4.78, 5) is 19.8. The maximum Gasteiger partial charge on any atom is 0.314 e. The number of aromatic nitrogens is 2. The predicted octanol–water partition coefficient (Wildman–Crippen LogP) is 1.38. The van der Waals surface area contributed by atoms with Gasteiger partial charge in [-0.2, -0.15) is 9.97 Å². The lowest BCUT2D eigenvalue weighted by Crippen LogP contribution is -2.25. The Balaban J connectivity index is 2.80. The zero-order valence-corrected chi connectivity index (χ0v) is 11.3. The Morgan fingerprint density at radius 3 is 2.06 bits per heavy atom. The van der Waals surface area contributed by atoms with Crippen LogP contribution in [-0.4, -0.2) is 35.8 Å². The van der Waals surface area contributed by atoms with E-state index in [1.54, 1.807) is 26.8 Å². The fourth-order valence-electron chi connectivity index (χ4n) is 1.24. The molecule has 1 heterocycles. The number of esters is 1. The monoisotopic (exact) mass is 254 g/mol. The van der Waals surface area contributed by atoms with Crippen molar-refractivity contribution in [2.24, 2.45) is 0 Å². The third-order valence-electron chi connectivity index (χ3n) is 1.87. The molecule has 1 aromatic heterocycles. The van der Waals surface area contributed by atoms with Crippen molar-refractivity contribution < 1.29 is 19.0 Å². The first-order valence-electron chi connectivity index (χ1n) is 5.52. The van der Waals surface area contributed by atoms with Crippen molar-refractivity contribution in [2.75, 3.05) is 14.2 Å². The van der Waals surface area contributed by atoms with E-state index in [2.05, 4.69) is 9.97 Å². The number of carbonyl (C=O) groups is 1. The maximum atomic E-state index is 11.6. The minimum Gasteiger partial charge on any atom is -0.481 e. The Bertz CT molecular complexity index is 404. The van der Waals surface area contributed by atoms with Crippen molar-refractivity contribution in [2.45, 2.75) is 32.8 Å². The highest BCUT2D eigenvalue weighted by molar-refractivity contribution is 5.72. The van der Waals surface area contributed by atoms with Crippen LogP contribution in [0.5, 0.6) is 11.8 Å². The minimum atomic E-state index is -0.528. The Labute approximate surface area is 106 Å². The highest BCUT2D eigenvalue weighted by atomic mass is 16.6. The zero-order chi connectivity index (χ0) is 13.8. The summed E-state index contributed by atoms with van der Waals surface area (Å²) in [6, 6.07) is 1.54. The molecular formula is C12H18N2O4. The molecule has 0 bridgehead atoms. The molecule has 0 atom stereocenters. The normalized spacial score (nSPS) is 10.9. The lowest BCUT2D eigenvalue weighted by atomic mass is 10.2. The molecule has 6 nitrogen and oxygen atoms in total. The van der Waals surface area contributed by atoms with Crippen LogP contribution in [0.1, 0.15) is 26.6 Å². The van der Waals surface area contributed by atoms with Gasteiger partial charge in [0, 0.05) is 0 Å². The Kier molecular flexibility index (Phi) is 4.47. The van der Waals surface area contributed by atoms with E-state index in [9.17, 15) is 4.79 Å². The summed E-state index contributed by atoms with van der Waals surface area (Å²) in [5, 5.41) is 0. The fraction of sp³-hybridized carbons (Fsp3) is 0.583. The van der Waals surface area contributed by atoms with Gasteiger partial charge in [0.15, 0.2) is 0 Å². The maximum absolute atomic E-state index is 11.6. The first-order chi connectivity index (χ1) is 8.34. The molecule has 1 rings (SSSR count). The second-order valence-electron chi connectivity index (χ2n) is 4.63. The number of hydrogen-bond acceptors (Lipinski definition) is 6. The largest absolute Gasteiger partial charge is 0.481 e. The molecule has 0 fully saturated rings. The van der Waals surface area contributed by atoms with Crippen molar-refractivity contribution in [3.05, 3.63) is 11.9 Å². The molecule has 0 aliphatic rings. The van der Waals surface area contributed by atoms with E-state index in [1.807, 2.05) is 0 Å². The van der Waals surface area contributed by atoms with E-state index in [0.717, 1.165) is 0 Å². The van der Waals surface area contributed by atoms with Crippen LogP contribution in [0.2, 0.25) is 0 Å². The van der Waals surface area contributed by atoms with Crippen LogP contribution in [0, 0.1) is 0 Å². The van der Waals surface area contributed by atoms with Crippen molar-refractivity contribution >= 4 is 5.97 Å². The van der Waals surface area contributed by atoms with Gasteiger partial charge in [-0.1, -0.05) is 0 Å². The number of nitrogens with zero attached hydrogens (tertiary/aromatic N) is 2. The molecule has 1 aromatic rings. The minimum absolute atomic E-state index is 0.0230. The lowest BCUT2D eigenvalue weighted by molar-refractivity contribution is -0.154. The smallest absolute Gasteiger partial charge is 0.314 e. The van der Waals surface area contributed by atoms with E-state index in [0.29, 0.717) is 17.6 Å². The second-order valence-corrected chi connectivity index (χ2v) is 4.63. The van der Waals surface area contributed by atoms with Gasteiger partial charge >= 0.3 is 5.97 Å². The predicted molar refractivity (Wildman–Crippen MR) is 64.7 cm³/mol. The molecule has 0 saturated carbocycles. The van der Waals surface area contributed by atoms with Crippen molar-refractivity contribution in [1.29, 1.82) is 0 Å². The molecule has 0 amide bonds. The van der Waals surface area contributed by atoms with Gasteiger partial charge in [-0.15, -0.1) is 0 Å². The van der Waals surface area contributed by atoms with Gasteiger partial charge in [-0.3, -0.25) is 4.79 Å². The third kappa shape index (κ3) is 4.57. The van der Waals surface area contributed by atoms with Crippen molar-refractivity contribution in [3.63, 3.8) is 0 Å². The molecule has 0 radical (unpaired) electrons. The van der Waals surface area contributed by atoms with Crippen LogP contribution in [0.15, 0.2) is 6.07 Å². The van der Waals surface area contributed by atoms with Crippen LogP contribution in [0.3, 0.4) is 0 Å². The Hall–Kier alpha value is -1.85. The number of hydrogen-bond donors (Lipinski definition) is 0. The topological polar surface area (TPSA) is 70.5 Å². The molecule has 0 unspecified atom stereocenters. The number of methoxy groups -OCH3 is 2. The molecule has 18 heavy (non-hydrogen) atoms. The van der Waals surface area contributed by atoms with Gasteiger partial charge in [0.1, 0.15) is 17.8 Å². The summed E-state index contributed by atoms with van der Waals surface area (Å²) in [5.41, 5.74) is -0.528. The standard InChI is InChI=1S/C12H18N2O4/c1-12(2,3)18-11(15)6-8-13-9(16-4)7-10(14-8)17-5/h7H,6H2,1-5H3. The number of ether oxygens (including phenoxy) is 3. The van der Waals surface area contributed by atoms with Crippen molar-refractivity contribution in [3.8, 4) is 11.8 Å². The van der Waals surface area contributed by atoms with Crippen LogP contribution >= 0.6 is 0 Å². The summed E-state index contributed by atoms with van der Waals surface area (Å²) in [6.45, 7) is 5.41.